The molecule has 0 fully saturated rings. The smallest absolute Gasteiger partial charge is 0.323 e. The van der Waals surface area contributed by atoms with Crippen LogP contribution in [0.3, 0.4) is 0 Å². The fraction of sp³-hybridized carbons (Fsp3) is 0.333. The highest BCUT2D eigenvalue weighted by atomic mass is 32.2. The molecule has 0 unspecified atom stereocenters. The lowest BCUT2D eigenvalue weighted by Crippen LogP contribution is -2.50. The van der Waals surface area contributed by atoms with Crippen molar-refractivity contribution >= 4 is 33.3 Å². The van der Waals surface area contributed by atoms with E-state index in [1.165, 1.54) is 24.1 Å². The van der Waals surface area contributed by atoms with E-state index < -0.39 is 45.8 Å². The number of aliphatic hydroxyl groups excluding tert-OH is 1. The van der Waals surface area contributed by atoms with Crippen LogP contribution < -0.4 is 24.8 Å². The van der Waals surface area contributed by atoms with Gasteiger partial charge in [-0.3, -0.25) is 4.79 Å². The number of fused-ring (bicyclic) bond motifs is 2. The van der Waals surface area contributed by atoms with E-state index in [0.29, 0.717) is 17.2 Å². The summed E-state index contributed by atoms with van der Waals surface area (Å²) in [6.45, 7) is 3.33. The van der Waals surface area contributed by atoms with Gasteiger partial charge >= 0.3 is 6.03 Å². The first kappa shape index (κ1) is 31.0. The van der Waals surface area contributed by atoms with Crippen molar-refractivity contribution in [2.24, 2.45) is 5.92 Å². The quantitative estimate of drug-likeness (QED) is 0.342. The first-order valence-electron chi connectivity index (χ1n) is 13.9. The maximum atomic E-state index is 13.7. The number of nitrogens with one attached hydrogen (secondary N) is 2. The topological polar surface area (TPSA) is 147 Å². The number of para-hydroxylation sites is 1. The number of carbonyl (C=O) groups is 2. The summed E-state index contributed by atoms with van der Waals surface area (Å²) >= 11 is 0. The summed E-state index contributed by atoms with van der Waals surface area (Å²) in [5, 5.41) is 15.4. The standard InChI is InChI=1S/C30H33FN4O8S/c1-18-14-35(19(2)16-36)29(37)23-5-4-6-24(33-30(38)32-21-9-12-25-26(13-21)42-17-41-25)28(23)43-27(18)15-34(3)44(39,40)22-10-7-20(31)8-11-22/h4-13,18-19,27,36H,14-17H2,1-3H3,(H2,32,33,38)/t18-,19-,27+/m0/s1. The zero-order valence-electron chi connectivity index (χ0n) is 24.3. The summed E-state index contributed by atoms with van der Waals surface area (Å²) in [7, 11) is -2.64. The molecule has 3 amide bonds. The number of ether oxygens (including phenoxy) is 3. The van der Waals surface area contributed by atoms with Gasteiger partial charge in [0.05, 0.1) is 35.3 Å². The molecule has 0 saturated carbocycles. The highest BCUT2D eigenvalue weighted by molar-refractivity contribution is 7.89. The van der Waals surface area contributed by atoms with Crippen molar-refractivity contribution in [1.29, 1.82) is 0 Å². The van der Waals surface area contributed by atoms with Crippen LogP contribution in [0.5, 0.6) is 17.2 Å². The summed E-state index contributed by atoms with van der Waals surface area (Å²) in [4.78, 5) is 28.2. The first-order chi connectivity index (χ1) is 21.0. The summed E-state index contributed by atoms with van der Waals surface area (Å²) in [5.74, 6) is -0.304. The molecule has 2 aliphatic heterocycles. The molecule has 12 nitrogen and oxygen atoms in total. The number of anilines is 2. The van der Waals surface area contributed by atoms with Crippen LogP contribution >= 0.6 is 0 Å². The van der Waals surface area contributed by atoms with Gasteiger partial charge in [-0.25, -0.2) is 17.6 Å². The van der Waals surface area contributed by atoms with Crippen molar-refractivity contribution in [2.75, 3.05) is 44.2 Å². The average molecular weight is 629 g/mol. The van der Waals surface area contributed by atoms with Gasteiger partial charge in [0, 0.05) is 31.3 Å². The number of halogens is 1. The number of likely N-dealkylation sites (N-methyl/N-ethyl adjacent to an activating group) is 1. The molecule has 5 rings (SSSR count). The molecule has 3 aromatic carbocycles. The average Bonchev–Trinajstić information content (AvgIpc) is 3.47. The lowest BCUT2D eigenvalue weighted by Gasteiger charge is -2.38. The molecule has 0 spiro atoms. The van der Waals surface area contributed by atoms with Crippen molar-refractivity contribution in [3.63, 3.8) is 0 Å². The number of hydrogen-bond donors (Lipinski definition) is 3. The fourth-order valence-corrected chi connectivity index (χ4v) is 6.14. The minimum atomic E-state index is -4.02. The first-order valence-corrected chi connectivity index (χ1v) is 15.3. The lowest BCUT2D eigenvalue weighted by molar-refractivity contribution is 0.0389. The van der Waals surface area contributed by atoms with E-state index in [0.717, 1.165) is 16.4 Å². The molecule has 3 aromatic rings. The van der Waals surface area contributed by atoms with Gasteiger partial charge in [0.2, 0.25) is 16.8 Å². The Hall–Kier alpha value is -4.40. The van der Waals surface area contributed by atoms with Crippen LogP contribution in [0, 0.1) is 11.7 Å². The van der Waals surface area contributed by atoms with Crippen molar-refractivity contribution in [1.82, 2.24) is 9.21 Å². The van der Waals surface area contributed by atoms with Crippen LogP contribution in [0.15, 0.2) is 65.6 Å². The van der Waals surface area contributed by atoms with Gasteiger partial charge in [0.1, 0.15) is 11.9 Å². The molecule has 0 aromatic heterocycles. The number of carbonyl (C=O) groups excluding carboxylic acids is 2. The van der Waals surface area contributed by atoms with Gasteiger partial charge in [-0.2, -0.15) is 4.31 Å². The van der Waals surface area contributed by atoms with E-state index in [1.54, 1.807) is 50.2 Å². The van der Waals surface area contributed by atoms with Crippen LogP contribution in [0.25, 0.3) is 0 Å². The maximum Gasteiger partial charge on any atom is 0.323 e. The molecular formula is C30H33FN4O8S. The van der Waals surface area contributed by atoms with Gasteiger partial charge in [-0.1, -0.05) is 13.0 Å². The molecule has 0 bridgehead atoms. The van der Waals surface area contributed by atoms with E-state index in [9.17, 15) is 27.5 Å². The van der Waals surface area contributed by atoms with Crippen LogP contribution in [-0.2, 0) is 10.0 Å². The Kier molecular flexibility index (Phi) is 8.95. The van der Waals surface area contributed by atoms with E-state index in [1.807, 2.05) is 0 Å². The number of aliphatic hydroxyl groups is 1. The number of benzene rings is 3. The van der Waals surface area contributed by atoms with Gasteiger partial charge in [0.25, 0.3) is 5.91 Å². The Bertz CT molecular complexity index is 1650. The predicted octanol–water partition coefficient (Wildman–Crippen LogP) is 3.74. The monoisotopic (exact) mass is 628 g/mol. The molecule has 3 atom stereocenters. The Balaban J connectivity index is 1.45. The zero-order valence-corrected chi connectivity index (χ0v) is 25.1. The van der Waals surface area contributed by atoms with Crippen LogP contribution in [0.4, 0.5) is 20.6 Å². The normalized spacial score (nSPS) is 18.6. The Morgan fingerprint density at radius 2 is 1.84 bits per heavy atom. The molecule has 44 heavy (non-hydrogen) atoms. The Morgan fingerprint density at radius 1 is 1.11 bits per heavy atom. The fourth-order valence-electron chi connectivity index (χ4n) is 4.96. The molecular weight excluding hydrogens is 595 g/mol. The van der Waals surface area contributed by atoms with Gasteiger partial charge < -0.3 is 34.9 Å². The second-order valence-electron chi connectivity index (χ2n) is 10.7. The molecule has 2 aliphatic rings. The minimum absolute atomic E-state index is 0.0533. The molecule has 234 valence electrons. The molecule has 0 radical (unpaired) electrons. The summed E-state index contributed by atoms with van der Waals surface area (Å²) in [6, 6.07) is 12.9. The largest absolute Gasteiger partial charge is 0.486 e. The van der Waals surface area contributed by atoms with Crippen molar-refractivity contribution in [2.45, 2.75) is 30.9 Å². The highest BCUT2D eigenvalue weighted by Crippen LogP contribution is 2.36. The molecule has 0 aliphatic carbocycles. The third-order valence-electron chi connectivity index (χ3n) is 7.53. The van der Waals surface area contributed by atoms with Crippen LogP contribution in [-0.4, -0.2) is 80.4 Å². The third kappa shape index (κ3) is 6.42. The van der Waals surface area contributed by atoms with Crippen LogP contribution in [0.1, 0.15) is 24.2 Å². The maximum absolute atomic E-state index is 13.7. The lowest BCUT2D eigenvalue weighted by atomic mass is 9.99. The minimum Gasteiger partial charge on any atom is -0.486 e. The molecule has 0 saturated heterocycles. The second-order valence-corrected chi connectivity index (χ2v) is 12.7. The van der Waals surface area contributed by atoms with E-state index in [2.05, 4.69) is 10.6 Å². The summed E-state index contributed by atoms with van der Waals surface area (Å²) in [5.41, 5.74) is 0.741. The Labute approximate surface area is 254 Å². The highest BCUT2D eigenvalue weighted by Gasteiger charge is 2.36. The number of nitrogens with zero attached hydrogens (tertiary/aromatic N) is 2. The molecule has 2 heterocycles. The van der Waals surface area contributed by atoms with Gasteiger partial charge in [0.15, 0.2) is 17.2 Å². The molecule has 14 heteroatoms. The zero-order chi connectivity index (χ0) is 31.6. The predicted molar refractivity (Wildman–Crippen MR) is 159 cm³/mol. The number of sulfonamides is 1. The van der Waals surface area contributed by atoms with Gasteiger partial charge in [-0.05, 0) is 55.5 Å². The number of urea groups is 1. The van der Waals surface area contributed by atoms with E-state index >= 15 is 0 Å². The van der Waals surface area contributed by atoms with E-state index in [-0.39, 0.29) is 48.4 Å². The third-order valence-corrected chi connectivity index (χ3v) is 9.37. The summed E-state index contributed by atoms with van der Waals surface area (Å²) < 4.78 is 58.3. The summed E-state index contributed by atoms with van der Waals surface area (Å²) in [6.07, 6.45) is -0.796. The molecule has 3 N–H and O–H groups in total. The SMILES string of the molecule is C[C@H]1CN([C@@H](C)CO)C(=O)c2cccc(NC(=O)Nc3ccc4c(c3)OCO4)c2O[C@@H]1CN(C)S(=O)(=O)c1ccc(F)cc1. The van der Waals surface area contributed by atoms with Crippen molar-refractivity contribution in [3.8, 4) is 17.2 Å². The van der Waals surface area contributed by atoms with Crippen molar-refractivity contribution < 1.29 is 41.7 Å². The number of amides is 3. The Morgan fingerprint density at radius 3 is 2.57 bits per heavy atom. The number of hydrogen-bond acceptors (Lipinski definition) is 8. The van der Waals surface area contributed by atoms with Gasteiger partial charge in [-0.15, -0.1) is 0 Å². The van der Waals surface area contributed by atoms with Crippen molar-refractivity contribution in [3.05, 3.63) is 72.0 Å². The second kappa shape index (κ2) is 12.7. The van der Waals surface area contributed by atoms with Crippen LogP contribution in [0.2, 0.25) is 0 Å². The number of rotatable bonds is 8. The van der Waals surface area contributed by atoms with E-state index in [4.69, 9.17) is 14.2 Å².